The van der Waals surface area contributed by atoms with Gasteiger partial charge >= 0.3 is 0 Å². The van der Waals surface area contributed by atoms with Crippen molar-refractivity contribution in [1.29, 1.82) is 0 Å². The van der Waals surface area contributed by atoms with Crippen LogP contribution in [0, 0.1) is 6.92 Å². The minimum Gasteiger partial charge on any atom is -0.492 e. The van der Waals surface area contributed by atoms with Gasteiger partial charge in [0.2, 0.25) is 10.0 Å². The van der Waals surface area contributed by atoms with Crippen LogP contribution in [0.15, 0.2) is 53.4 Å². The number of aryl methyl sites for hydroxylation is 1. The van der Waals surface area contributed by atoms with Gasteiger partial charge in [-0.15, -0.1) is 0 Å². The Morgan fingerprint density at radius 1 is 1.04 bits per heavy atom. The minimum absolute atomic E-state index is 0.0675. The van der Waals surface area contributed by atoms with Gasteiger partial charge in [0, 0.05) is 14.1 Å². The minimum atomic E-state index is -3.46. The number of ether oxygens (including phenoxy) is 2. The Morgan fingerprint density at radius 2 is 1.70 bits per heavy atom. The van der Waals surface area contributed by atoms with Gasteiger partial charge in [-0.05, 0) is 42.8 Å². The van der Waals surface area contributed by atoms with Gasteiger partial charge in [-0.25, -0.2) is 12.7 Å². The highest BCUT2D eigenvalue weighted by Crippen LogP contribution is 2.18. The lowest BCUT2D eigenvalue weighted by Gasteiger charge is -2.12. The molecule has 0 atom stereocenters. The van der Waals surface area contributed by atoms with Crippen LogP contribution in [0.5, 0.6) is 11.5 Å². The summed E-state index contributed by atoms with van der Waals surface area (Å²) in [6, 6.07) is 13.6. The average Bonchev–Trinajstić information content (AvgIpc) is 2.65. The number of amides is 1. The molecular weight excluding hydrogens is 368 g/mol. The Morgan fingerprint density at radius 3 is 2.33 bits per heavy atom. The fraction of sp³-hybridized carbons (Fsp3) is 0.316. The molecule has 0 aliphatic rings. The molecule has 0 fully saturated rings. The summed E-state index contributed by atoms with van der Waals surface area (Å²) in [7, 11) is -0.501. The second-order valence-corrected chi connectivity index (χ2v) is 8.16. The molecular formula is C19H24N2O5S. The summed E-state index contributed by atoms with van der Waals surface area (Å²) in [6.07, 6.45) is 0. The van der Waals surface area contributed by atoms with Gasteiger partial charge in [-0.3, -0.25) is 4.79 Å². The maximum Gasteiger partial charge on any atom is 0.258 e. The van der Waals surface area contributed by atoms with E-state index in [9.17, 15) is 13.2 Å². The lowest BCUT2D eigenvalue weighted by molar-refractivity contribution is -0.123. The van der Waals surface area contributed by atoms with Crippen molar-refractivity contribution in [1.82, 2.24) is 9.62 Å². The molecule has 1 amide bonds. The summed E-state index contributed by atoms with van der Waals surface area (Å²) in [5.41, 5.74) is 0.966. The monoisotopic (exact) mass is 392 g/mol. The molecule has 0 spiro atoms. The predicted molar refractivity (Wildman–Crippen MR) is 102 cm³/mol. The molecule has 2 aromatic carbocycles. The standard InChI is InChI=1S/C19H24N2O5S/c1-15-6-4-5-7-18(15)26-14-19(22)20-12-13-25-16-8-10-17(11-9-16)27(23,24)21(2)3/h4-11H,12-14H2,1-3H3,(H,20,22). The number of carbonyl (C=O) groups excluding carboxylic acids is 1. The maximum absolute atomic E-state index is 12.0. The average molecular weight is 392 g/mol. The van der Waals surface area contributed by atoms with Crippen LogP contribution in [0.1, 0.15) is 5.56 Å². The van der Waals surface area contributed by atoms with E-state index in [-0.39, 0.29) is 24.0 Å². The molecule has 0 aliphatic heterocycles. The highest BCUT2D eigenvalue weighted by atomic mass is 32.2. The smallest absolute Gasteiger partial charge is 0.258 e. The normalized spacial score (nSPS) is 11.3. The third-order valence-corrected chi connectivity index (χ3v) is 5.58. The van der Waals surface area contributed by atoms with Crippen molar-refractivity contribution in [2.24, 2.45) is 0 Å². The van der Waals surface area contributed by atoms with Gasteiger partial charge in [0.15, 0.2) is 6.61 Å². The van der Waals surface area contributed by atoms with Crippen LogP contribution in [-0.4, -0.2) is 52.5 Å². The Balaban J connectivity index is 1.72. The molecule has 8 heteroatoms. The molecule has 0 aliphatic carbocycles. The molecule has 0 bridgehead atoms. The fourth-order valence-corrected chi connectivity index (χ4v) is 3.09. The molecule has 2 aromatic rings. The van der Waals surface area contributed by atoms with Crippen LogP contribution in [0.3, 0.4) is 0 Å². The first-order valence-electron chi connectivity index (χ1n) is 8.41. The van der Waals surface area contributed by atoms with Crippen molar-refractivity contribution in [3.63, 3.8) is 0 Å². The molecule has 0 saturated carbocycles. The van der Waals surface area contributed by atoms with Crippen LogP contribution < -0.4 is 14.8 Å². The number of carbonyl (C=O) groups is 1. The number of hydrogen-bond acceptors (Lipinski definition) is 5. The SMILES string of the molecule is Cc1ccccc1OCC(=O)NCCOc1ccc(S(=O)(=O)N(C)C)cc1. The molecule has 0 unspecified atom stereocenters. The predicted octanol–water partition coefficient (Wildman–Crippen LogP) is 1.82. The molecule has 2 rings (SSSR count). The summed E-state index contributed by atoms with van der Waals surface area (Å²) >= 11 is 0. The second kappa shape index (κ2) is 9.38. The molecule has 7 nitrogen and oxygen atoms in total. The topological polar surface area (TPSA) is 84.9 Å². The maximum atomic E-state index is 12.0. The first-order chi connectivity index (χ1) is 12.8. The number of nitrogens with zero attached hydrogens (tertiary/aromatic N) is 1. The quantitative estimate of drug-likeness (QED) is 0.658. The summed E-state index contributed by atoms with van der Waals surface area (Å²) < 4.78 is 36.1. The zero-order valence-corrected chi connectivity index (χ0v) is 16.5. The van der Waals surface area contributed by atoms with E-state index >= 15 is 0 Å². The van der Waals surface area contributed by atoms with Gasteiger partial charge in [0.25, 0.3) is 5.91 Å². The van der Waals surface area contributed by atoms with E-state index in [1.807, 2.05) is 31.2 Å². The van der Waals surface area contributed by atoms with Crippen LogP contribution in [0.2, 0.25) is 0 Å². The fourth-order valence-electron chi connectivity index (χ4n) is 2.19. The van der Waals surface area contributed by atoms with Gasteiger partial charge in [0.1, 0.15) is 18.1 Å². The van der Waals surface area contributed by atoms with Crippen LogP contribution in [-0.2, 0) is 14.8 Å². The Bertz CT molecular complexity index is 864. The van der Waals surface area contributed by atoms with Crippen LogP contribution in [0.4, 0.5) is 0 Å². The van der Waals surface area contributed by atoms with Crippen molar-refractivity contribution in [3.05, 3.63) is 54.1 Å². The summed E-state index contributed by atoms with van der Waals surface area (Å²) in [4.78, 5) is 12.0. The lowest BCUT2D eigenvalue weighted by atomic mass is 10.2. The molecule has 1 N–H and O–H groups in total. The van der Waals surface area contributed by atoms with Gasteiger partial charge in [-0.2, -0.15) is 0 Å². The number of hydrogen-bond donors (Lipinski definition) is 1. The number of benzene rings is 2. The van der Waals surface area contributed by atoms with Crippen LogP contribution >= 0.6 is 0 Å². The Labute approximate surface area is 160 Å². The van der Waals surface area contributed by atoms with Gasteiger partial charge in [0.05, 0.1) is 11.4 Å². The van der Waals surface area contributed by atoms with Crippen molar-refractivity contribution in [2.75, 3.05) is 33.9 Å². The summed E-state index contributed by atoms with van der Waals surface area (Å²) in [5, 5.41) is 2.70. The van der Waals surface area contributed by atoms with E-state index in [0.29, 0.717) is 18.0 Å². The molecule has 27 heavy (non-hydrogen) atoms. The van der Waals surface area contributed by atoms with Crippen molar-refractivity contribution < 1.29 is 22.7 Å². The number of rotatable bonds is 9. The van der Waals surface area contributed by atoms with Gasteiger partial charge in [-0.1, -0.05) is 18.2 Å². The first-order valence-corrected chi connectivity index (χ1v) is 9.85. The van der Waals surface area contributed by atoms with E-state index < -0.39 is 10.0 Å². The molecule has 146 valence electrons. The number of para-hydroxylation sites is 1. The molecule has 0 radical (unpaired) electrons. The second-order valence-electron chi connectivity index (χ2n) is 6.01. The van der Waals surface area contributed by atoms with E-state index in [2.05, 4.69) is 5.32 Å². The van der Waals surface area contributed by atoms with Gasteiger partial charge < -0.3 is 14.8 Å². The number of nitrogens with one attached hydrogen (secondary N) is 1. The van der Waals surface area contributed by atoms with Crippen molar-refractivity contribution in [3.8, 4) is 11.5 Å². The van der Waals surface area contributed by atoms with Crippen molar-refractivity contribution in [2.45, 2.75) is 11.8 Å². The van der Waals surface area contributed by atoms with Crippen LogP contribution in [0.25, 0.3) is 0 Å². The highest BCUT2D eigenvalue weighted by Gasteiger charge is 2.16. The summed E-state index contributed by atoms with van der Waals surface area (Å²) in [5.74, 6) is 0.962. The third kappa shape index (κ3) is 5.97. The zero-order chi connectivity index (χ0) is 19.9. The number of sulfonamides is 1. The lowest BCUT2D eigenvalue weighted by Crippen LogP contribution is -2.32. The first kappa shape index (κ1) is 20.7. The Kier molecular flexibility index (Phi) is 7.20. The van der Waals surface area contributed by atoms with E-state index in [1.54, 1.807) is 12.1 Å². The molecule has 0 saturated heterocycles. The van der Waals surface area contributed by atoms with E-state index in [0.717, 1.165) is 9.87 Å². The zero-order valence-electron chi connectivity index (χ0n) is 15.6. The largest absolute Gasteiger partial charge is 0.492 e. The summed E-state index contributed by atoms with van der Waals surface area (Å²) in [6.45, 7) is 2.42. The van der Waals surface area contributed by atoms with Crippen molar-refractivity contribution >= 4 is 15.9 Å². The highest BCUT2D eigenvalue weighted by molar-refractivity contribution is 7.89. The molecule has 0 heterocycles. The van der Waals surface area contributed by atoms with E-state index in [1.165, 1.54) is 26.2 Å². The van der Waals surface area contributed by atoms with E-state index in [4.69, 9.17) is 9.47 Å². The molecule has 0 aromatic heterocycles. The third-order valence-electron chi connectivity index (χ3n) is 3.75. The Hall–Kier alpha value is -2.58.